The zero-order valence-electron chi connectivity index (χ0n) is 18.3. The predicted molar refractivity (Wildman–Crippen MR) is 126 cm³/mol. The topological polar surface area (TPSA) is 106 Å². The number of carboxylic acids is 1. The van der Waals surface area contributed by atoms with Gasteiger partial charge in [0.15, 0.2) is 0 Å². The summed E-state index contributed by atoms with van der Waals surface area (Å²) in [5.41, 5.74) is 1.05. The van der Waals surface area contributed by atoms with Crippen molar-refractivity contribution in [2.75, 3.05) is 0 Å². The molecule has 0 spiro atoms. The second kappa shape index (κ2) is 9.30. The number of aromatic carboxylic acids is 1. The zero-order chi connectivity index (χ0) is 23.9. The Labute approximate surface area is 206 Å². The van der Waals surface area contributed by atoms with E-state index in [1.807, 2.05) is 0 Å². The Morgan fingerprint density at radius 3 is 2.47 bits per heavy atom. The lowest BCUT2D eigenvalue weighted by molar-refractivity contribution is -0.0666. The van der Waals surface area contributed by atoms with E-state index in [2.05, 4.69) is 10.1 Å². The van der Waals surface area contributed by atoms with Crippen LogP contribution >= 0.6 is 23.2 Å². The van der Waals surface area contributed by atoms with Crippen molar-refractivity contribution in [1.29, 1.82) is 0 Å². The van der Waals surface area contributed by atoms with Crippen LogP contribution in [0.15, 0.2) is 41.1 Å². The number of halogens is 2. The molecular weight excluding hydrogens is 479 g/mol. The highest BCUT2D eigenvalue weighted by Gasteiger charge is 2.39. The van der Waals surface area contributed by atoms with E-state index in [0.717, 1.165) is 24.2 Å². The van der Waals surface area contributed by atoms with Crippen molar-refractivity contribution in [2.24, 2.45) is 0 Å². The summed E-state index contributed by atoms with van der Waals surface area (Å²) in [6.07, 6.45) is 5.35. The van der Waals surface area contributed by atoms with Crippen LogP contribution in [-0.2, 0) is 16.9 Å². The van der Waals surface area contributed by atoms with Gasteiger partial charge in [0.25, 0.3) is 0 Å². The van der Waals surface area contributed by atoms with Crippen molar-refractivity contribution in [2.45, 2.75) is 62.8 Å². The molecule has 2 aliphatic carbocycles. The van der Waals surface area contributed by atoms with Gasteiger partial charge in [0.2, 0.25) is 0 Å². The van der Waals surface area contributed by atoms with Crippen LogP contribution in [0.3, 0.4) is 0 Å². The van der Waals surface area contributed by atoms with Crippen molar-refractivity contribution < 1.29 is 24.3 Å². The Morgan fingerprint density at radius 2 is 1.82 bits per heavy atom. The minimum atomic E-state index is -1.29. The number of aromatic nitrogens is 2. The molecule has 0 radical (unpaired) electrons. The summed E-state index contributed by atoms with van der Waals surface area (Å²) in [5, 5.41) is 26.0. The molecule has 9 heteroatoms. The van der Waals surface area contributed by atoms with E-state index >= 15 is 0 Å². The van der Waals surface area contributed by atoms with Gasteiger partial charge in [-0.05, 0) is 62.8 Å². The molecule has 2 fully saturated rings. The molecule has 1 aromatic carbocycles. The van der Waals surface area contributed by atoms with Crippen LogP contribution in [0.4, 0.5) is 0 Å². The first-order valence-electron chi connectivity index (χ1n) is 11.3. The van der Waals surface area contributed by atoms with Gasteiger partial charge in [-0.3, -0.25) is 4.98 Å². The molecule has 0 amide bonds. The van der Waals surface area contributed by atoms with Crippen molar-refractivity contribution in [3.63, 3.8) is 0 Å². The van der Waals surface area contributed by atoms with E-state index in [9.17, 15) is 15.0 Å². The molecule has 2 heterocycles. The molecule has 2 N–H and O–H groups in total. The Bertz CT molecular complexity index is 1200. The molecule has 3 aromatic rings. The standard InChI is InChI=1S/C25H24Cl2N2O5/c26-18-4-1-5-19(27)20(18)21-17(22(34-29-21)14-6-7-14)13-33-15-8-10-25(32,11-9-15)23-16(24(30)31)3-2-12-28-23/h1-5,12,14-15,32H,6-11,13H2,(H,30,31)/t15-,25+. The van der Waals surface area contributed by atoms with E-state index in [-0.39, 0.29) is 17.4 Å². The Hall–Kier alpha value is -2.45. The van der Waals surface area contributed by atoms with Gasteiger partial charge in [-0.15, -0.1) is 0 Å². The summed E-state index contributed by atoms with van der Waals surface area (Å²) in [4.78, 5) is 15.8. The van der Waals surface area contributed by atoms with Gasteiger partial charge >= 0.3 is 5.97 Å². The summed E-state index contributed by atoms with van der Waals surface area (Å²) in [6, 6.07) is 8.35. The van der Waals surface area contributed by atoms with Crippen LogP contribution in [0.2, 0.25) is 10.0 Å². The lowest BCUT2D eigenvalue weighted by Crippen LogP contribution is -2.36. The number of rotatable bonds is 7. The van der Waals surface area contributed by atoms with Crippen LogP contribution in [0, 0.1) is 0 Å². The molecule has 2 aromatic heterocycles. The summed E-state index contributed by atoms with van der Waals surface area (Å²) < 4.78 is 12.0. The maximum atomic E-state index is 11.6. The second-order valence-electron chi connectivity index (χ2n) is 8.99. The van der Waals surface area contributed by atoms with Crippen LogP contribution in [0.1, 0.15) is 71.8 Å². The number of aliphatic hydroxyl groups is 1. The number of hydrogen-bond donors (Lipinski definition) is 2. The number of carbonyl (C=O) groups is 1. The van der Waals surface area contributed by atoms with Gasteiger partial charge in [0, 0.05) is 23.2 Å². The average molecular weight is 503 g/mol. The molecule has 34 heavy (non-hydrogen) atoms. The highest BCUT2D eigenvalue weighted by molar-refractivity contribution is 6.39. The van der Waals surface area contributed by atoms with Crippen LogP contribution in [0.5, 0.6) is 0 Å². The molecule has 0 unspecified atom stereocenters. The summed E-state index contributed by atoms with van der Waals surface area (Å²) >= 11 is 12.9. The molecule has 5 rings (SSSR count). The molecule has 0 aliphatic heterocycles. The Morgan fingerprint density at radius 1 is 1.12 bits per heavy atom. The molecule has 7 nitrogen and oxygen atoms in total. The van der Waals surface area contributed by atoms with Gasteiger partial charge in [-0.25, -0.2) is 4.79 Å². The highest BCUT2D eigenvalue weighted by atomic mass is 35.5. The van der Waals surface area contributed by atoms with Crippen molar-refractivity contribution in [1.82, 2.24) is 10.1 Å². The van der Waals surface area contributed by atoms with E-state index in [1.54, 1.807) is 24.3 Å². The molecule has 2 aliphatic rings. The van der Waals surface area contributed by atoms with Crippen molar-refractivity contribution in [3.05, 3.63) is 69.2 Å². The van der Waals surface area contributed by atoms with E-state index in [0.29, 0.717) is 59.5 Å². The maximum absolute atomic E-state index is 11.6. The number of carboxylic acid groups (broad SMARTS) is 1. The fourth-order valence-corrected chi connectivity index (χ4v) is 5.25. The fourth-order valence-electron chi connectivity index (χ4n) is 4.67. The first-order chi connectivity index (χ1) is 16.4. The monoisotopic (exact) mass is 502 g/mol. The lowest BCUT2D eigenvalue weighted by atomic mass is 9.79. The van der Waals surface area contributed by atoms with Crippen LogP contribution < -0.4 is 0 Å². The van der Waals surface area contributed by atoms with Gasteiger partial charge in [-0.1, -0.05) is 34.4 Å². The van der Waals surface area contributed by atoms with Crippen LogP contribution in [0.25, 0.3) is 11.3 Å². The normalized spacial score (nSPS) is 22.6. The Kier molecular flexibility index (Phi) is 6.37. The van der Waals surface area contributed by atoms with Gasteiger partial charge in [0.05, 0.1) is 34.0 Å². The second-order valence-corrected chi connectivity index (χ2v) is 9.81. The molecular formula is C25H24Cl2N2O5. The molecule has 2 saturated carbocycles. The maximum Gasteiger partial charge on any atom is 0.337 e. The number of benzene rings is 1. The molecule has 178 valence electrons. The first kappa shape index (κ1) is 23.3. The number of ether oxygens (including phenoxy) is 1. The zero-order valence-corrected chi connectivity index (χ0v) is 19.8. The quantitative estimate of drug-likeness (QED) is 0.410. The third kappa shape index (κ3) is 4.45. The van der Waals surface area contributed by atoms with Crippen molar-refractivity contribution in [3.8, 4) is 11.3 Å². The first-order valence-corrected chi connectivity index (χ1v) is 12.1. The SMILES string of the molecule is O=C(O)c1cccnc1[C@]1(O)CC[C@@H](OCc2c(-c3c(Cl)cccc3Cl)noc2C2CC2)CC1. The van der Waals surface area contributed by atoms with Gasteiger partial charge in [-0.2, -0.15) is 0 Å². The number of nitrogens with zero attached hydrogens (tertiary/aromatic N) is 2. The summed E-state index contributed by atoms with van der Waals surface area (Å²) in [6.45, 7) is 0.291. The molecule has 0 saturated heterocycles. The minimum Gasteiger partial charge on any atom is -0.478 e. The van der Waals surface area contributed by atoms with Gasteiger partial charge in [0.1, 0.15) is 17.1 Å². The largest absolute Gasteiger partial charge is 0.478 e. The summed E-state index contributed by atoms with van der Waals surface area (Å²) in [7, 11) is 0. The predicted octanol–water partition coefficient (Wildman–Crippen LogP) is 5.97. The Balaban J connectivity index is 1.32. The van der Waals surface area contributed by atoms with E-state index in [4.69, 9.17) is 32.5 Å². The minimum absolute atomic E-state index is 0.0316. The third-order valence-electron chi connectivity index (χ3n) is 6.67. The number of pyridine rings is 1. The van der Waals surface area contributed by atoms with Gasteiger partial charge < -0.3 is 19.5 Å². The highest BCUT2D eigenvalue weighted by Crippen LogP contribution is 2.46. The summed E-state index contributed by atoms with van der Waals surface area (Å²) in [5.74, 6) is 0.0507. The third-order valence-corrected chi connectivity index (χ3v) is 7.30. The lowest BCUT2D eigenvalue weighted by Gasteiger charge is -2.36. The smallest absolute Gasteiger partial charge is 0.337 e. The molecule has 0 atom stereocenters. The molecule has 0 bridgehead atoms. The number of hydrogen-bond acceptors (Lipinski definition) is 6. The average Bonchev–Trinajstić information content (AvgIpc) is 3.59. The van der Waals surface area contributed by atoms with E-state index in [1.165, 1.54) is 12.3 Å². The van der Waals surface area contributed by atoms with E-state index < -0.39 is 11.6 Å². The van der Waals surface area contributed by atoms with Crippen molar-refractivity contribution >= 4 is 29.2 Å². The van der Waals surface area contributed by atoms with Crippen LogP contribution in [-0.4, -0.2) is 32.4 Å². The fraction of sp³-hybridized carbons (Fsp3) is 0.400.